The van der Waals surface area contributed by atoms with Crippen LogP contribution in [0.2, 0.25) is 0 Å². The summed E-state index contributed by atoms with van der Waals surface area (Å²) >= 11 is 0. The highest BCUT2D eigenvalue weighted by atomic mass is 19.1. The molecule has 0 spiro atoms. The van der Waals surface area contributed by atoms with Crippen molar-refractivity contribution in [1.29, 1.82) is 0 Å². The summed E-state index contributed by atoms with van der Waals surface area (Å²) in [6.07, 6.45) is 3.18. The van der Waals surface area contributed by atoms with E-state index < -0.39 is 17.4 Å². The molecule has 2 aromatic rings. The van der Waals surface area contributed by atoms with Crippen LogP contribution in [0.15, 0.2) is 30.6 Å². The first kappa shape index (κ1) is 17.1. The minimum absolute atomic E-state index is 0.247. The number of hydrogen-bond acceptors (Lipinski definition) is 5. The Morgan fingerprint density at radius 1 is 1.28 bits per heavy atom. The Morgan fingerprint density at radius 2 is 2.00 bits per heavy atom. The average molecular weight is 345 g/mol. The molecule has 0 bridgehead atoms. The van der Waals surface area contributed by atoms with Crippen molar-refractivity contribution in [2.45, 2.75) is 32.3 Å². The highest BCUT2D eigenvalue weighted by Crippen LogP contribution is 2.33. The van der Waals surface area contributed by atoms with E-state index >= 15 is 0 Å². The molecule has 25 heavy (non-hydrogen) atoms. The van der Waals surface area contributed by atoms with Gasteiger partial charge in [-0.1, -0.05) is 0 Å². The number of ether oxygens (including phenoxy) is 1. The van der Waals surface area contributed by atoms with E-state index in [-0.39, 0.29) is 12.8 Å². The first-order valence-corrected chi connectivity index (χ1v) is 8.12. The van der Waals surface area contributed by atoms with E-state index in [4.69, 9.17) is 4.74 Å². The molecule has 132 valence electrons. The van der Waals surface area contributed by atoms with Gasteiger partial charge in [0.15, 0.2) is 5.82 Å². The number of nitrogens with zero attached hydrogens (tertiary/aromatic N) is 3. The number of carboxylic acid groups (broad SMARTS) is 1. The monoisotopic (exact) mass is 345 g/mol. The summed E-state index contributed by atoms with van der Waals surface area (Å²) in [5.41, 5.74) is 0.601. The second kappa shape index (κ2) is 6.66. The van der Waals surface area contributed by atoms with Crippen LogP contribution in [0.5, 0.6) is 5.75 Å². The molecule has 3 heterocycles. The first-order valence-electron chi connectivity index (χ1n) is 8.12. The van der Waals surface area contributed by atoms with E-state index in [2.05, 4.69) is 9.97 Å². The van der Waals surface area contributed by atoms with Gasteiger partial charge in [0.05, 0.1) is 17.6 Å². The molecule has 1 fully saturated rings. The number of aryl methyl sites for hydroxylation is 2. The van der Waals surface area contributed by atoms with E-state index in [1.54, 1.807) is 25.1 Å². The number of pyridine rings is 2. The quantitative estimate of drug-likeness (QED) is 0.918. The molecule has 1 N–H and O–H groups in total. The average Bonchev–Trinajstić information content (AvgIpc) is 2.58. The van der Waals surface area contributed by atoms with E-state index in [1.807, 2.05) is 11.8 Å². The number of piperidine rings is 1. The Morgan fingerprint density at radius 3 is 2.60 bits per heavy atom. The summed E-state index contributed by atoms with van der Waals surface area (Å²) in [5.74, 6) is -0.955. The Kier molecular flexibility index (Phi) is 4.57. The summed E-state index contributed by atoms with van der Waals surface area (Å²) in [4.78, 5) is 21.8. The van der Waals surface area contributed by atoms with Crippen LogP contribution in [0.4, 0.5) is 10.1 Å². The fourth-order valence-corrected chi connectivity index (χ4v) is 3.08. The van der Waals surface area contributed by atoms with E-state index in [1.165, 1.54) is 6.20 Å². The molecule has 0 atom stereocenters. The molecule has 1 aliphatic rings. The summed E-state index contributed by atoms with van der Waals surface area (Å²) in [6.45, 7) is 4.42. The number of rotatable bonds is 4. The number of aromatic nitrogens is 2. The van der Waals surface area contributed by atoms with Crippen LogP contribution in [0, 0.1) is 19.7 Å². The minimum Gasteiger partial charge on any atom is -0.478 e. The molecule has 0 aromatic carbocycles. The van der Waals surface area contributed by atoms with Crippen LogP contribution in [0.25, 0.3) is 0 Å². The maximum Gasteiger partial charge on any atom is 0.348 e. The first-order chi connectivity index (χ1) is 11.9. The van der Waals surface area contributed by atoms with Crippen LogP contribution in [0.1, 0.15) is 24.2 Å². The van der Waals surface area contributed by atoms with E-state index in [0.29, 0.717) is 30.2 Å². The third-order valence-electron chi connectivity index (χ3n) is 4.53. The lowest BCUT2D eigenvalue weighted by Gasteiger charge is -2.40. The number of anilines is 1. The Hall–Kier alpha value is -2.70. The standard InChI is InChI=1S/C18H20FN3O3/c1-12-3-4-16(13(2)21-12)25-18(17(23)24)6-9-22(10-7-18)15-5-8-20-11-14(15)19/h3-5,8,11H,6-7,9-10H2,1-2H3,(H,23,24). The zero-order chi connectivity index (χ0) is 18.0. The van der Waals surface area contributed by atoms with Gasteiger partial charge in [-0.2, -0.15) is 0 Å². The molecule has 7 heteroatoms. The molecule has 3 rings (SSSR count). The molecular formula is C18H20FN3O3. The van der Waals surface area contributed by atoms with E-state index in [9.17, 15) is 14.3 Å². The lowest BCUT2D eigenvalue weighted by Crippen LogP contribution is -2.53. The Bertz CT molecular complexity index is 789. The summed E-state index contributed by atoms with van der Waals surface area (Å²) < 4.78 is 19.8. The molecule has 1 aliphatic heterocycles. The molecule has 0 aliphatic carbocycles. The second-order valence-corrected chi connectivity index (χ2v) is 6.25. The predicted molar refractivity (Wildman–Crippen MR) is 90.3 cm³/mol. The van der Waals surface area contributed by atoms with Gasteiger partial charge in [-0.3, -0.25) is 9.97 Å². The van der Waals surface area contributed by atoms with Gasteiger partial charge in [0, 0.05) is 37.8 Å². The lowest BCUT2D eigenvalue weighted by atomic mass is 9.90. The maximum atomic E-state index is 13.9. The summed E-state index contributed by atoms with van der Waals surface area (Å²) in [5, 5.41) is 9.76. The van der Waals surface area contributed by atoms with Gasteiger partial charge >= 0.3 is 5.97 Å². The molecular weight excluding hydrogens is 325 g/mol. The number of halogens is 1. The molecule has 6 nitrogen and oxygen atoms in total. The molecule has 0 radical (unpaired) electrons. The number of carbonyl (C=O) groups is 1. The third-order valence-corrected chi connectivity index (χ3v) is 4.53. The van der Waals surface area contributed by atoms with Gasteiger partial charge in [0.25, 0.3) is 0 Å². The smallest absolute Gasteiger partial charge is 0.348 e. The maximum absolute atomic E-state index is 13.9. The fourth-order valence-electron chi connectivity index (χ4n) is 3.08. The number of aliphatic carboxylic acids is 1. The molecule has 0 amide bonds. The van der Waals surface area contributed by atoms with Crippen LogP contribution < -0.4 is 9.64 Å². The van der Waals surface area contributed by atoms with Crippen LogP contribution in [-0.4, -0.2) is 39.7 Å². The Balaban J connectivity index is 1.79. The van der Waals surface area contributed by atoms with Gasteiger partial charge in [-0.15, -0.1) is 0 Å². The highest BCUT2D eigenvalue weighted by Gasteiger charge is 2.44. The van der Waals surface area contributed by atoms with Crippen LogP contribution >= 0.6 is 0 Å². The van der Waals surface area contributed by atoms with Crippen molar-refractivity contribution >= 4 is 11.7 Å². The number of hydrogen-bond donors (Lipinski definition) is 1. The van der Waals surface area contributed by atoms with Crippen molar-refractivity contribution < 1.29 is 19.0 Å². The van der Waals surface area contributed by atoms with Gasteiger partial charge in [-0.05, 0) is 32.0 Å². The van der Waals surface area contributed by atoms with Crippen molar-refractivity contribution in [3.05, 3.63) is 47.8 Å². The molecule has 1 saturated heterocycles. The van der Waals surface area contributed by atoms with E-state index in [0.717, 1.165) is 11.9 Å². The summed E-state index contributed by atoms with van der Waals surface area (Å²) in [7, 11) is 0. The molecule has 0 unspecified atom stereocenters. The topological polar surface area (TPSA) is 75.6 Å². The van der Waals surface area contributed by atoms with Gasteiger partial charge in [0.2, 0.25) is 5.60 Å². The lowest BCUT2D eigenvalue weighted by molar-refractivity contribution is -0.157. The van der Waals surface area contributed by atoms with Crippen molar-refractivity contribution in [3.63, 3.8) is 0 Å². The van der Waals surface area contributed by atoms with Crippen molar-refractivity contribution in [1.82, 2.24) is 9.97 Å². The van der Waals surface area contributed by atoms with Gasteiger partial charge in [-0.25, -0.2) is 9.18 Å². The number of carboxylic acids is 1. The van der Waals surface area contributed by atoms with Gasteiger partial charge < -0.3 is 14.7 Å². The zero-order valence-corrected chi connectivity index (χ0v) is 14.2. The van der Waals surface area contributed by atoms with Crippen LogP contribution in [-0.2, 0) is 4.79 Å². The largest absolute Gasteiger partial charge is 0.478 e. The predicted octanol–water partition coefficient (Wildman–Crippen LogP) is 2.74. The SMILES string of the molecule is Cc1ccc(OC2(C(=O)O)CCN(c3ccncc3F)CC2)c(C)n1. The Labute approximate surface area is 145 Å². The molecule has 0 saturated carbocycles. The zero-order valence-electron chi connectivity index (χ0n) is 14.2. The van der Waals surface area contributed by atoms with Crippen molar-refractivity contribution in [3.8, 4) is 5.75 Å². The van der Waals surface area contributed by atoms with Crippen molar-refractivity contribution in [2.24, 2.45) is 0 Å². The normalized spacial score (nSPS) is 16.5. The summed E-state index contributed by atoms with van der Waals surface area (Å²) in [6, 6.07) is 5.13. The third kappa shape index (κ3) is 3.40. The fraction of sp³-hybridized carbons (Fsp3) is 0.389. The van der Waals surface area contributed by atoms with Crippen molar-refractivity contribution in [2.75, 3.05) is 18.0 Å². The minimum atomic E-state index is -1.33. The van der Waals surface area contributed by atoms with Crippen LogP contribution in [0.3, 0.4) is 0 Å². The van der Waals surface area contributed by atoms with Gasteiger partial charge in [0.1, 0.15) is 5.75 Å². The second-order valence-electron chi connectivity index (χ2n) is 6.25. The highest BCUT2D eigenvalue weighted by molar-refractivity contribution is 5.78. The molecule has 2 aromatic heterocycles.